The van der Waals surface area contributed by atoms with Gasteiger partial charge in [-0.25, -0.2) is 0 Å². The molecule has 0 unspecified atom stereocenters. The summed E-state index contributed by atoms with van der Waals surface area (Å²) in [5, 5.41) is 3.02. The van der Waals surface area contributed by atoms with E-state index in [2.05, 4.69) is 16.3 Å². The van der Waals surface area contributed by atoms with Crippen LogP contribution in [0, 0.1) is 6.92 Å². The van der Waals surface area contributed by atoms with Gasteiger partial charge in [-0.2, -0.15) is 0 Å². The summed E-state index contributed by atoms with van der Waals surface area (Å²) in [4.78, 5) is 14.3. The minimum absolute atomic E-state index is 0.0124. The SMILES string of the molecule is Cc1ccc(CN(C)C)cc1NC(=O)CCc1ccccc1N. The number of nitrogens with one attached hydrogen (secondary N) is 1. The van der Waals surface area contributed by atoms with Gasteiger partial charge in [-0.05, 0) is 56.3 Å². The van der Waals surface area contributed by atoms with Gasteiger partial charge in [-0.1, -0.05) is 30.3 Å². The quantitative estimate of drug-likeness (QED) is 0.805. The van der Waals surface area contributed by atoms with Crippen molar-refractivity contribution in [2.45, 2.75) is 26.3 Å². The van der Waals surface area contributed by atoms with E-state index in [1.807, 2.05) is 57.4 Å². The number of aryl methyl sites for hydroxylation is 2. The zero-order valence-electron chi connectivity index (χ0n) is 14.1. The van der Waals surface area contributed by atoms with Gasteiger partial charge in [0.15, 0.2) is 0 Å². The highest BCUT2D eigenvalue weighted by Crippen LogP contribution is 2.19. The first-order chi connectivity index (χ1) is 11.0. The first kappa shape index (κ1) is 17.0. The minimum atomic E-state index is 0.0124. The molecule has 0 atom stereocenters. The van der Waals surface area contributed by atoms with E-state index in [4.69, 9.17) is 5.73 Å². The molecule has 0 spiro atoms. The lowest BCUT2D eigenvalue weighted by Gasteiger charge is -2.14. The molecule has 0 bridgehead atoms. The van der Waals surface area contributed by atoms with Crippen molar-refractivity contribution in [3.8, 4) is 0 Å². The number of carbonyl (C=O) groups is 1. The summed E-state index contributed by atoms with van der Waals surface area (Å²) >= 11 is 0. The van der Waals surface area contributed by atoms with Crippen LogP contribution in [0.2, 0.25) is 0 Å². The predicted molar refractivity (Wildman–Crippen MR) is 96.4 cm³/mol. The molecule has 4 nitrogen and oxygen atoms in total. The van der Waals surface area contributed by atoms with E-state index in [-0.39, 0.29) is 5.91 Å². The van der Waals surface area contributed by atoms with E-state index in [1.54, 1.807) is 0 Å². The molecule has 2 aromatic rings. The second kappa shape index (κ2) is 7.79. The third kappa shape index (κ3) is 5.11. The number of hydrogen-bond donors (Lipinski definition) is 2. The molecule has 4 heteroatoms. The van der Waals surface area contributed by atoms with Crippen LogP contribution in [-0.4, -0.2) is 24.9 Å². The van der Waals surface area contributed by atoms with Gasteiger partial charge in [-0.3, -0.25) is 4.79 Å². The summed E-state index contributed by atoms with van der Waals surface area (Å²) in [7, 11) is 4.06. The van der Waals surface area contributed by atoms with Crippen LogP contribution < -0.4 is 11.1 Å². The van der Waals surface area contributed by atoms with E-state index in [1.165, 1.54) is 5.56 Å². The van der Waals surface area contributed by atoms with Crippen LogP contribution in [0.1, 0.15) is 23.1 Å². The molecule has 3 N–H and O–H groups in total. The Morgan fingerprint density at radius 3 is 2.61 bits per heavy atom. The fraction of sp³-hybridized carbons (Fsp3) is 0.316. The number of rotatable bonds is 6. The number of hydrogen-bond acceptors (Lipinski definition) is 3. The molecule has 0 heterocycles. The van der Waals surface area contributed by atoms with Crippen LogP contribution in [-0.2, 0) is 17.8 Å². The number of amides is 1. The molecule has 23 heavy (non-hydrogen) atoms. The number of nitrogen functional groups attached to an aromatic ring is 1. The molecule has 1 amide bonds. The van der Waals surface area contributed by atoms with Crippen molar-refractivity contribution in [1.82, 2.24) is 4.90 Å². The Morgan fingerprint density at radius 2 is 1.91 bits per heavy atom. The van der Waals surface area contributed by atoms with E-state index < -0.39 is 0 Å². The number of anilines is 2. The standard InChI is InChI=1S/C19H25N3O/c1-14-8-9-15(13-22(2)3)12-18(14)21-19(23)11-10-16-6-4-5-7-17(16)20/h4-9,12H,10-11,13,20H2,1-3H3,(H,21,23). The van der Waals surface area contributed by atoms with Crippen molar-refractivity contribution in [3.63, 3.8) is 0 Å². The Hall–Kier alpha value is -2.33. The first-order valence-electron chi connectivity index (χ1n) is 7.83. The molecule has 2 rings (SSSR count). The lowest BCUT2D eigenvalue weighted by atomic mass is 10.1. The highest BCUT2D eigenvalue weighted by molar-refractivity contribution is 5.91. The fourth-order valence-corrected chi connectivity index (χ4v) is 2.49. The molecule has 0 saturated heterocycles. The van der Waals surface area contributed by atoms with Crippen molar-refractivity contribution in [1.29, 1.82) is 0 Å². The molecule has 0 radical (unpaired) electrons. The van der Waals surface area contributed by atoms with Gasteiger partial charge in [0, 0.05) is 24.3 Å². The average Bonchev–Trinajstić information content (AvgIpc) is 2.49. The highest BCUT2D eigenvalue weighted by Gasteiger charge is 2.08. The van der Waals surface area contributed by atoms with E-state index in [0.717, 1.165) is 29.0 Å². The minimum Gasteiger partial charge on any atom is -0.399 e. The number of para-hydroxylation sites is 1. The molecule has 0 saturated carbocycles. The maximum absolute atomic E-state index is 12.2. The highest BCUT2D eigenvalue weighted by atomic mass is 16.1. The van der Waals surface area contributed by atoms with Crippen LogP contribution in [0.3, 0.4) is 0 Å². The summed E-state index contributed by atoms with van der Waals surface area (Å²) < 4.78 is 0. The Labute approximate surface area is 138 Å². The monoisotopic (exact) mass is 311 g/mol. The largest absolute Gasteiger partial charge is 0.399 e. The van der Waals surface area contributed by atoms with E-state index in [0.29, 0.717) is 12.8 Å². The zero-order chi connectivity index (χ0) is 16.8. The van der Waals surface area contributed by atoms with Crippen LogP contribution in [0.4, 0.5) is 11.4 Å². The Kier molecular flexibility index (Phi) is 5.77. The lowest BCUT2D eigenvalue weighted by molar-refractivity contribution is -0.116. The summed E-state index contributed by atoms with van der Waals surface area (Å²) in [6, 6.07) is 13.9. The summed E-state index contributed by atoms with van der Waals surface area (Å²) in [6.45, 7) is 2.86. The van der Waals surface area contributed by atoms with Crippen LogP contribution in [0.5, 0.6) is 0 Å². The molecule has 122 valence electrons. The van der Waals surface area contributed by atoms with Gasteiger partial charge >= 0.3 is 0 Å². The normalized spacial score (nSPS) is 10.8. The number of benzene rings is 2. The summed E-state index contributed by atoms with van der Waals surface area (Å²) in [5.41, 5.74) is 10.8. The van der Waals surface area contributed by atoms with Crippen molar-refractivity contribution >= 4 is 17.3 Å². The van der Waals surface area contributed by atoms with Gasteiger partial charge in [0.1, 0.15) is 0 Å². The third-order valence-electron chi connectivity index (χ3n) is 3.75. The third-order valence-corrected chi connectivity index (χ3v) is 3.75. The van der Waals surface area contributed by atoms with Gasteiger partial charge in [-0.15, -0.1) is 0 Å². The molecule has 0 fully saturated rings. The van der Waals surface area contributed by atoms with E-state index in [9.17, 15) is 4.79 Å². The van der Waals surface area contributed by atoms with Crippen LogP contribution >= 0.6 is 0 Å². The van der Waals surface area contributed by atoms with Crippen molar-refractivity contribution < 1.29 is 4.79 Å². The number of nitrogens with zero attached hydrogens (tertiary/aromatic N) is 1. The maximum Gasteiger partial charge on any atom is 0.224 e. The molecule has 0 aliphatic rings. The lowest BCUT2D eigenvalue weighted by Crippen LogP contribution is -2.15. The molecule has 0 aliphatic carbocycles. The van der Waals surface area contributed by atoms with E-state index >= 15 is 0 Å². The zero-order valence-corrected chi connectivity index (χ0v) is 14.1. The molecule has 2 aromatic carbocycles. The van der Waals surface area contributed by atoms with Gasteiger partial charge in [0.05, 0.1) is 0 Å². The molecule has 0 aromatic heterocycles. The fourth-order valence-electron chi connectivity index (χ4n) is 2.49. The predicted octanol–water partition coefficient (Wildman–Crippen LogP) is 3.21. The van der Waals surface area contributed by atoms with Crippen molar-refractivity contribution in [3.05, 3.63) is 59.2 Å². The second-order valence-corrected chi connectivity index (χ2v) is 6.13. The summed E-state index contributed by atoms with van der Waals surface area (Å²) in [6.07, 6.45) is 1.07. The first-order valence-corrected chi connectivity index (χ1v) is 7.83. The molecular weight excluding hydrogens is 286 g/mol. The molecule has 0 aliphatic heterocycles. The van der Waals surface area contributed by atoms with Crippen molar-refractivity contribution in [2.75, 3.05) is 25.1 Å². The Morgan fingerprint density at radius 1 is 1.17 bits per heavy atom. The van der Waals surface area contributed by atoms with Gasteiger partial charge in [0.2, 0.25) is 5.91 Å². The second-order valence-electron chi connectivity index (χ2n) is 6.13. The topological polar surface area (TPSA) is 58.4 Å². The maximum atomic E-state index is 12.2. The Balaban J connectivity index is 1.98. The van der Waals surface area contributed by atoms with Crippen molar-refractivity contribution in [2.24, 2.45) is 0 Å². The van der Waals surface area contributed by atoms with Crippen LogP contribution in [0.15, 0.2) is 42.5 Å². The number of carbonyl (C=O) groups excluding carboxylic acids is 1. The molecular formula is C19H25N3O. The van der Waals surface area contributed by atoms with Gasteiger partial charge < -0.3 is 16.0 Å². The number of nitrogens with two attached hydrogens (primary N) is 1. The Bertz CT molecular complexity index is 680. The smallest absolute Gasteiger partial charge is 0.224 e. The average molecular weight is 311 g/mol. The van der Waals surface area contributed by atoms with Gasteiger partial charge in [0.25, 0.3) is 0 Å². The van der Waals surface area contributed by atoms with Crippen LogP contribution in [0.25, 0.3) is 0 Å². The summed E-state index contributed by atoms with van der Waals surface area (Å²) in [5.74, 6) is 0.0124.